The highest BCUT2D eigenvalue weighted by Gasteiger charge is 2.33. The van der Waals surface area contributed by atoms with E-state index in [4.69, 9.17) is 11.2 Å². The van der Waals surface area contributed by atoms with Crippen LogP contribution in [-0.4, -0.2) is 53.1 Å². The summed E-state index contributed by atoms with van der Waals surface area (Å²) < 4.78 is 5.42. The zero-order chi connectivity index (χ0) is 17.9. The summed E-state index contributed by atoms with van der Waals surface area (Å²) in [6.07, 6.45) is 5.13. The Bertz CT molecular complexity index is 670. The van der Waals surface area contributed by atoms with Crippen LogP contribution in [0.5, 0.6) is 0 Å². The molecular weight excluding hydrogens is 304 g/mol. The van der Waals surface area contributed by atoms with Gasteiger partial charge >= 0.3 is 6.09 Å². The van der Waals surface area contributed by atoms with E-state index >= 15 is 0 Å². The van der Waals surface area contributed by atoms with Gasteiger partial charge in [-0.05, 0) is 39.8 Å². The lowest BCUT2D eigenvalue weighted by molar-refractivity contribution is 0.00198. The highest BCUT2D eigenvalue weighted by atomic mass is 16.6. The maximum absolute atomic E-state index is 12.7. The molecule has 0 N–H and O–H groups in total. The third kappa shape index (κ3) is 4.08. The molecule has 0 aromatic heterocycles. The number of hydrogen-bond donors (Lipinski definition) is 0. The first-order chi connectivity index (χ1) is 11.2. The summed E-state index contributed by atoms with van der Waals surface area (Å²) in [4.78, 5) is 28.4. The molecule has 1 atom stereocenters. The van der Waals surface area contributed by atoms with Crippen LogP contribution in [0.4, 0.5) is 4.79 Å². The van der Waals surface area contributed by atoms with Crippen LogP contribution in [0, 0.1) is 12.3 Å². The minimum Gasteiger partial charge on any atom is -0.444 e. The van der Waals surface area contributed by atoms with Gasteiger partial charge in [-0.1, -0.05) is 18.1 Å². The Balaban J connectivity index is 2.07. The Morgan fingerprint density at radius 3 is 2.50 bits per heavy atom. The van der Waals surface area contributed by atoms with Crippen molar-refractivity contribution in [2.24, 2.45) is 0 Å². The second kappa shape index (κ2) is 6.96. The molecule has 1 aliphatic rings. The Morgan fingerprint density at radius 1 is 1.25 bits per heavy atom. The van der Waals surface area contributed by atoms with Gasteiger partial charge in [0.2, 0.25) is 0 Å². The van der Waals surface area contributed by atoms with Gasteiger partial charge in [-0.3, -0.25) is 4.79 Å². The van der Waals surface area contributed by atoms with Crippen molar-refractivity contribution >= 4 is 12.0 Å². The van der Waals surface area contributed by atoms with Gasteiger partial charge in [0, 0.05) is 31.2 Å². The molecule has 0 aliphatic carbocycles. The number of carbonyl (C=O) groups excluding carboxylic acids is 2. The van der Waals surface area contributed by atoms with Gasteiger partial charge in [-0.25, -0.2) is 4.79 Å². The maximum Gasteiger partial charge on any atom is 0.410 e. The number of amides is 2. The van der Waals surface area contributed by atoms with Crippen LogP contribution in [0.15, 0.2) is 24.3 Å². The van der Waals surface area contributed by atoms with Crippen LogP contribution < -0.4 is 0 Å². The van der Waals surface area contributed by atoms with Crippen molar-refractivity contribution in [1.82, 2.24) is 9.80 Å². The van der Waals surface area contributed by atoms with Crippen molar-refractivity contribution < 1.29 is 14.3 Å². The minimum absolute atomic E-state index is 0.0979. The normalized spacial score (nSPS) is 18.0. The molecule has 0 saturated carbocycles. The number of benzene rings is 1. The van der Waals surface area contributed by atoms with Crippen LogP contribution in [0.25, 0.3) is 0 Å². The van der Waals surface area contributed by atoms with E-state index < -0.39 is 5.60 Å². The molecule has 0 radical (unpaired) electrons. The van der Waals surface area contributed by atoms with E-state index in [0.717, 1.165) is 0 Å². The van der Waals surface area contributed by atoms with Gasteiger partial charge in [0.15, 0.2) is 0 Å². The lowest BCUT2D eigenvalue weighted by Gasteiger charge is -2.40. The summed E-state index contributed by atoms with van der Waals surface area (Å²) >= 11 is 0. The van der Waals surface area contributed by atoms with E-state index in [9.17, 15) is 9.59 Å². The van der Waals surface area contributed by atoms with Crippen molar-refractivity contribution in [2.75, 3.05) is 19.6 Å². The molecule has 5 nitrogen and oxygen atoms in total. The minimum atomic E-state index is -0.532. The average molecular weight is 328 g/mol. The van der Waals surface area contributed by atoms with Gasteiger partial charge in [-0.2, -0.15) is 0 Å². The van der Waals surface area contributed by atoms with E-state index in [2.05, 4.69) is 5.92 Å². The molecule has 5 heteroatoms. The lowest BCUT2D eigenvalue weighted by atomic mass is 10.1. The molecule has 0 spiro atoms. The fourth-order valence-corrected chi connectivity index (χ4v) is 2.70. The third-order valence-corrected chi connectivity index (χ3v) is 3.86. The first-order valence-corrected chi connectivity index (χ1v) is 8.07. The number of terminal acetylenes is 1. The van der Waals surface area contributed by atoms with Crippen molar-refractivity contribution in [3.8, 4) is 12.3 Å². The Morgan fingerprint density at radius 2 is 1.92 bits per heavy atom. The SMILES string of the molecule is C#Cc1ccccc1C(=O)N1CCN(C(=O)OC(C)(C)C)[C@H](C)C1. The quantitative estimate of drug-likeness (QED) is 0.745. The Kier molecular flexibility index (Phi) is 5.18. The third-order valence-electron chi connectivity index (χ3n) is 3.86. The van der Waals surface area contributed by atoms with Crippen molar-refractivity contribution in [1.29, 1.82) is 0 Å². The summed E-state index contributed by atoms with van der Waals surface area (Å²) in [5.74, 6) is 2.45. The van der Waals surface area contributed by atoms with Crippen LogP contribution in [0.2, 0.25) is 0 Å². The van der Waals surface area contributed by atoms with Crippen LogP contribution in [0.3, 0.4) is 0 Å². The predicted molar refractivity (Wildman–Crippen MR) is 92.7 cm³/mol. The molecule has 0 unspecified atom stereocenters. The van der Waals surface area contributed by atoms with Crippen molar-refractivity contribution in [3.63, 3.8) is 0 Å². The highest BCUT2D eigenvalue weighted by Crippen LogP contribution is 2.18. The second-order valence-electron chi connectivity index (χ2n) is 6.96. The zero-order valence-corrected chi connectivity index (χ0v) is 14.7. The first-order valence-electron chi connectivity index (χ1n) is 8.07. The number of piperazine rings is 1. The predicted octanol–water partition coefficient (Wildman–Crippen LogP) is 2.75. The highest BCUT2D eigenvalue weighted by molar-refractivity contribution is 5.96. The summed E-state index contributed by atoms with van der Waals surface area (Å²) in [5.41, 5.74) is 0.581. The second-order valence-corrected chi connectivity index (χ2v) is 6.96. The molecule has 2 rings (SSSR count). The van der Waals surface area contributed by atoms with E-state index in [1.165, 1.54) is 0 Å². The first kappa shape index (κ1) is 17.9. The largest absolute Gasteiger partial charge is 0.444 e. The molecule has 1 aromatic rings. The number of rotatable bonds is 1. The van der Waals surface area contributed by atoms with Gasteiger partial charge in [-0.15, -0.1) is 6.42 Å². The molecule has 1 fully saturated rings. The zero-order valence-electron chi connectivity index (χ0n) is 14.7. The fraction of sp³-hybridized carbons (Fsp3) is 0.474. The van der Waals surface area contributed by atoms with Crippen molar-refractivity contribution in [2.45, 2.75) is 39.3 Å². The molecule has 1 heterocycles. The van der Waals surface area contributed by atoms with Crippen LogP contribution in [0.1, 0.15) is 43.6 Å². The number of hydrogen-bond acceptors (Lipinski definition) is 3. The summed E-state index contributed by atoms with van der Waals surface area (Å²) in [6, 6.07) is 7.00. The molecule has 1 saturated heterocycles. The summed E-state index contributed by atoms with van der Waals surface area (Å²) in [6.45, 7) is 8.79. The van der Waals surface area contributed by atoms with E-state index in [1.54, 1.807) is 28.0 Å². The van der Waals surface area contributed by atoms with Crippen LogP contribution >= 0.6 is 0 Å². The van der Waals surface area contributed by atoms with E-state index in [0.29, 0.717) is 30.8 Å². The number of carbonyl (C=O) groups is 2. The standard InChI is InChI=1S/C19H24N2O3/c1-6-15-9-7-8-10-16(15)17(22)20-11-12-21(14(2)13-20)18(23)24-19(3,4)5/h1,7-10,14H,11-13H2,2-5H3/t14-/m1/s1. The fourth-order valence-electron chi connectivity index (χ4n) is 2.70. The van der Waals surface area contributed by atoms with Gasteiger partial charge in [0.1, 0.15) is 5.60 Å². The molecule has 24 heavy (non-hydrogen) atoms. The molecule has 0 bridgehead atoms. The summed E-state index contributed by atoms with van der Waals surface area (Å²) in [7, 11) is 0. The van der Waals surface area contributed by atoms with Gasteiger partial charge in [0.25, 0.3) is 5.91 Å². The Labute approximate surface area is 143 Å². The Hall–Kier alpha value is -2.48. The topological polar surface area (TPSA) is 49.9 Å². The van der Waals surface area contributed by atoms with Gasteiger partial charge < -0.3 is 14.5 Å². The maximum atomic E-state index is 12.7. The molecular formula is C19H24N2O3. The molecule has 2 amide bonds. The molecule has 1 aromatic carbocycles. The number of ether oxygens (including phenoxy) is 1. The van der Waals surface area contributed by atoms with Crippen LogP contribution in [-0.2, 0) is 4.74 Å². The van der Waals surface area contributed by atoms with E-state index in [-0.39, 0.29) is 18.0 Å². The van der Waals surface area contributed by atoms with Gasteiger partial charge in [0.05, 0.1) is 5.56 Å². The smallest absolute Gasteiger partial charge is 0.410 e. The monoisotopic (exact) mass is 328 g/mol. The summed E-state index contributed by atoms with van der Waals surface area (Å²) in [5, 5.41) is 0. The lowest BCUT2D eigenvalue weighted by Crippen LogP contribution is -2.56. The van der Waals surface area contributed by atoms with Crippen molar-refractivity contribution in [3.05, 3.63) is 35.4 Å². The van der Waals surface area contributed by atoms with E-state index in [1.807, 2.05) is 33.8 Å². The average Bonchev–Trinajstić information content (AvgIpc) is 2.52. The molecule has 1 aliphatic heterocycles. The number of nitrogens with zero attached hydrogens (tertiary/aromatic N) is 2. The molecule has 128 valence electrons.